The van der Waals surface area contributed by atoms with Gasteiger partial charge in [0.15, 0.2) is 0 Å². The second kappa shape index (κ2) is 6.02. The predicted octanol–water partition coefficient (Wildman–Crippen LogP) is 2.64. The summed E-state index contributed by atoms with van der Waals surface area (Å²) in [6.45, 7) is 8.55. The van der Waals surface area contributed by atoms with Crippen LogP contribution in [0.5, 0.6) is 0 Å². The Kier molecular flexibility index (Phi) is 4.66. The van der Waals surface area contributed by atoms with Gasteiger partial charge in [0.05, 0.1) is 0 Å². The number of rotatable bonds is 4. The quantitative estimate of drug-likeness (QED) is 0.790. The number of hydrogen-bond acceptors (Lipinski definition) is 2. The first-order valence-corrected chi connectivity index (χ1v) is 7.23. The lowest BCUT2D eigenvalue weighted by Gasteiger charge is -2.36. The van der Waals surface area contributed by atoms with Crippen molar-refractivity contribution in [2.75, 3.05) is 19.6 Å². The summed E-state index contributed by atoms with van der Waals surface area (Å²) in [5.41, 5.74) is 0. The summed E-state index contributed by atoms with van der Waals surface area (Å²) in [4.78, 5) is 2.67. The Morgan fingerprint density at radius 2 is 1.88 bits per heavy atom. The maximum Gasteiger partial charge on any atom is 0.0110 e. The van der Waals surface area contributed by atoms with Crippen molar-refractivity contribution in [3.8, 4) is 0 Å². The minimum atomic E-state index is 0.800. The third kappa shape index (κ3) is 3.46. The molecule has 16 heavy (non-hydrogen) atoms. The zero-order chi connectivity index (χ0) is 11.4. The predicted molar refractivity (Wildman–Crippen MR) is 69.7 cm³/mol. The van der Waals surface area contributed by atoms with Gasteiger partial charge in [0.1, 0.15) is 0 Å². The van der Waals surface area contributed by atoms with Gasteiger partial charge in [-0.3, -0.25) is 4.90 Å². The molecule has 0 radical (unpaired) electrons. The molecule has 1 heterocycles. The van der Waals surface area contributed by atoms with E-state index in [0.717, 1.165) is 18.0 Å². The van der Waals surface area contributed by atoms with Gasteiger partial charge in [-0.2, -0.15) is 0 Å². The van der Waals surface area contributed by atoms with Crippen molar-refractivity contribution < 1.29 is 0 Å². The topological polar surface area (TPSA) is 15.3 Å². The first-order valence-electron chi connectivity index (χ1n) is 7.23. The van der Waals surface area contributed by atoms with E-state index in [9.17, 15) is 0 Å². The summed E-state index contributed by atoms with van der Waals surface area (Å²) in [6, 6.07) is 1.63. The van der Waals surface area contributed by atoms with E-state index >= 15 is 0 Å². The summed E-state index contributed by atoms with van der Waals surface area (Å²) in [7, 11) is 0. The Morgan fingerprint density at radius 1 is 1.12 bits per heavy atom. The highest BCUT2D eigenvalue weighted by molar-refractivity contribution is 4.79. The van der Waals surface area contributed by atoms with E-state index in [2.05, 4.69) is 24.1 Å². The van der Waals surface area contributed by atoms with Crippen LogP contribution in [-0.2, 0) is 0 Å². The van der Waals surface area contributed by atoms with E-state index < -0.39 is 0 Å². The summed E-state index contributed by atoms with van der Waals surface area (Å²) in [6.07, 6.45) is 8.49. The largest absolute Gasteiger partial charge is 0.313 e. The SMILES string of the molecule is CC1CCN(CCNC2CCCC2)C(C)C1. The molecular formula is C14H28N2. The molecule has 2 unspecified atom stereocenters. The van der Waals surface area contributed by atoms with Crippen molar-refractivity contribution in [1.29, 1.82) is 0 Å². The molecule has 0 aromatic carbocycles. The van der Waals surface area contributed by atoms with Crippen molar-refractivity contribution >= 4 is 0 Å². The fourth-order valence-corrected chi connectivity index (χ4v) is 3.33. The van der Waals surface area contributed by atoms with Crippen LogP contribution in [0.25, 0.3) is 0 Å². The van der Waals surface area contributed by atoms with Crippen LogP contribution in [0.15, 0.2) is 0 Å². The van der Waals surface area contributed by atoms with E-state index in [1.807, 2.05) is 0 Å². The molecular weight excluding hydrogens is 196 g/mol. The molecule has 1 aliphatic heterocycles. The molecule has 2 nitrogen and oxygen atoms in total. The molecule has 1 aliphatic carbocycles. The van der Waals surface area contributed by atoms with Crippen molar-refractivity contribution in [1.82, 2.24) is 10.2 Å². The first kappa shape index (κ1) is 12.4. The van der Waals surface area contributed by atoms with Gasteiger partial charge in [-0.05, 0) is 45.1 Å². The van der Waals surface area contributed by atoms with Gasteiger partial charge in [-0.15, -0.1) is 0 Å². The Hall–Kier alpha value is -0.0800. The monoisotopic (exact) mass is 224 g/mol. The average Bonchev–Trinajstić information content (AvgIpc) is 2.74. The second-order valence-corrected chi connectivity index (χ2v) is 5.95. The summed E-state index contributed by atoms with van der Waals surface area (Å²) in [5, 5.41) is 3.72. The molecule has 2 fully saturated rings. The lowest BCUT2D eigenvalue weighted by molar-refractivity contribution is 0.129. The number of nitrogens with one attached hydrogen (secondary N) is 1. The lowest BCUT2D eigenvalue weighted by Crippen LogP contribution is -2.44. The molecule has 2 heteroatoms. The van der Waals surface area contributed by atoms with Gasteiger partial charge in [-0.25, -0.2) is 0 Å². The fourth-order valence-electron chi connectivity index (χ4n) is 3.33. The molecule has 0 aromatic rings. The lowest BCUT2D eigenvalue weighted by atomic mass is 9.93. The van der Waals surface area contributed by atoms with Gasteiger partial charge < -0.3 is 5.32 Å². The van der Waals surface area contributed by atoms with Gasteiger partial charge in [0.2, 0.25) is 0 Å². The summed E-state index contributed by atoms with van der Waals surface area (Å²) < 4.78 is 0. The van der Waals surface area contributed by atoms with E-state index in [1.165, 1.54) is 58.2 Å². The average molecular weight is 224 g/mol. The molecule has 0 amide bonds. The number of hydrogen-bond donors (Lipinski definition) is 1. The third-order valence-electron chi connectivity index (χ3n) is 4.46. The smallest absolute Gasteiger partial charge is 0.0110 e. The Morgan fingerprint density at radius 3 is 2.56 bits per heavy atom. The number of nitrogens with zero attached hydrogens (tertiary/aromatic N) is 1. The molecule has 1 saturated carbocycles. The maximum absolute atomic E-state index is 3.72. The van der Waals surface area contributed by atoms with Crippen molar-refractivity contribution in [3.63, 3.8) is 0 Å². The van der Waals surface area contributed by atoms with Crippen LogP contribution in [0.2, 0.25) is 0 Å². The first-order chi connectivity index (χ1) is 7.75. The van der Waals surface area contributed by atoms with Crippen LogP contribution >= 0.6 is 0 Å². The highest BCUT2D eigenvalue weighted by Gasteiger charge is 2.22. The molecule has 2 aliphatic rings. The van der Waals surface area contributed by atoms with E-state index in [-0.39, 0.29) is 0 Å². The zero-order valence-electron chi connectivity index (χ0n) is 11.0. The normalized spacial score (nSPS) is 33.4. The Labute approximate surface area is 101 Å². The Bertz CT molecular complexity index is 199. The molecule has 1 saturated heterocycles. The van der Waals surface area contributed by atoms with Crippen molar-refractivity contribution in [2.24, 2.45) is 5.92 Å². The van der Waals surface area contributed by atoms with E-state index in [4.69, 9.17) is 0 Å². The van der Waals surface area contributed by atoms with E-state index in [0.29, 0.717) is 0 Å². The summed E-state index contributed by atoms with van der Waals surface area (Å²) >= 11 is 0. The molecule has 0 spiro atoms. The highest BCUT2D eigenvalue weighted by Crippen LogP contribution is 2.21. The van der Waals surface area contributed by atoms with Gasteiger partial charge >= 0.3 is 0 Å². The molecule has 0 bridgehead atoms. The fraction of sp³-hybridized carbons (Fsp3) is 1.00. The number of likely N-dealkylation sites (tertiary alicyclic amines) is 1. The van der Waals surface area contributed by atoms with Crippen molar-refractivity contribution in [3.05, 3.63) is 0 Å². The minimum Gasteiger partial charge on any atom is -0.313 e. The Balaban J connectivity index is 1.61. The molecule has 94 valence electrons. The standard InChI is InChI=1S/C14H28N2/c1-12-7-9-16(13(2)11-12)10-8-15-14-5-3-4-6-14/h12-15H,3-11H2,1-2H3. The van der Waals surface area contributed by atoms with Crippen molar-refractivity contribution in [2.45, 2.75) is 64.5 Å². The second-order valence-electron chi connectivity index (χ2n) is 5.95. The van der Waals surface area contributed by atoms with E-state index in [1.54, 1.807) is 0 Å². The van der Waals surface area contributed by atoms with Gasteiger partial charge in [0.25, 0.3) is 0 Å². The number of piperidine rings is 1. The van der Waals surface area contributed by atoms with Crippen LogP contribution < -0.4 is 5.32 Å². The van der Waals surface area contributed by atoms with Crippen LogP contribution in [0.1, 0.15) is 52.4 Å². The van der Waals surface area contributed by atoms with Gasteiger partial charge in [0, 0.05) is 25.2 Å². The third-order valence-corrected chi connectivity index (χ3v) is 4.46. The van der Waals surface area contributed by atoms with Crippen LogP contribution in [-0.4, -0.2) is 36.6 Å². The molecule has 2 atom stereocenters. The minimum absolute atomic E-state index is 0.800. The summed E-state index contributed by atoms with van der Waals surface area (Å²) in [5.74, 6) is 0.939. The molecule has 0 aromatic heterocycles. The maximum atomic E-state index is 3.72. The van der Waals surface area contributed by atoms with Gasteiger partial charge in [-0.1, -0.05) is 19.8 Å². The zero-order valence-corrected chi connectivity index (χ0v) is 11.0. The highest BCUT2D eigenvalue weighted by atomic mass is 15.2. The van der Waals surface area contributed by atoms with Crippen LogP contribution in [0, 0.1) is 5.92 Å². The molecule has 1 N–H and O–H groups in total. The van der Waals surface area contributed by atoms with Crippen LogP contribution in [0.4, 0.5) is 0 Å². The molecule has 2 rings (SSSR count). The van der Waals surface area contributed by atoms with Crippen LogP contribution in [0.3, 0.4) is 0 Å².